The van der Waals surface area contributed by atoms with Crippen molar-refractivity contribution in [1.29, 1.82) is 0 Å². The Bertz CT molecular complexity index is 326. The van der Waals surface area contributed by atoms with Gasteiger partial charge in [-0.05, 0) is 25.3 Å². The van der Waals surface area contributed by atoms with Crippen LogP contribution in [-0.2, 0) is 7.05 Å². The molecule has 1 saturated carbocycles. The average Bonchev–Trinajstić information content (AvgIpc) is 2.95. The molecular formula is C14H25N3. The molecule has 2 rings (SSSR count). The van der Waals surface area contributed by atoms with Crippen LogP contribution in [0.4, 0.5) is 0 Å². The van der Waals surface area contributed by atoms with Gasteiger partial charge in [-0.1, -0.05) is 32.6 Å². The highest BCUT2D eigenvalue weighted by Gasteiger charge is 2.22. The van der Waals surface area contributed by atoms with Crippen molar-refractivity contribution >= 4 is 0 Å². The molecule has 96 valence electrons. The third-order valence-electron chi connectivity index (χ3n) is 3.77. The summed E-state index contributed by atoms with van der Waals surface area (Å²) in [7, 11) is 2.04. The van der Waals surface area contributed by atoms with Gasteiger partial charge >= 0.3 is 0 Å². The molecule has 1 aliphatic carbocycles. The van der Waals surface area contributed by atoms with E-state index in [0.717, 1.165) is 12.5 Å². The van der Waals surface area contributed by atoms with Gasteiger partial charge in [0.1, 0.15) is 0 Å². The number of hydrogen-bond donors (Lipinski definition) is 1. The Labute approximate surface area is 105 Å². The Hall–Kier alpha value is -0.830. The number of aromatic nitrogens is 2. The third kappa shape index (κ3) is 3.56. The highest BCUT2D eigenvalue weighted by molar-refractivity contribution is 5.04. The van der Waals surface area contributed by atoms with E-state index in [4.69, 9.17) is 0 Å². The number of rotatable bonds is 6. The van der Waals surface area contributed by atoms with Crippen LogP contribution >= 0.6 is 0 Å². The van der Waals surface area contributed by atoms with Gasteiger partial charge in [-0.2, -0.15) is 0 Å². The Morgan fingerprint density at radius 1 is 1.47 bits per heavy atom. The van der Waals surface area contributed by atoms with Crippen molar-refractivity contribution in [2.45, 2.75) is 51.5 Å². The van der Waals surface area contributed by atoms with Crippen LogP contribution in [-0.4, -0.2) is 16.1 Å². The van der Waals surface area contributed by atoms with Crippen molar-refractivity contribution in [2.24, 2.45) is 13.0 Å². The van der Waals surface area contributed by atoms with Gasteiger partial charge in [0, 0.05) is 13.2 Å². The van der Waals surface area contributed by atoms with Gasteiger partial charge < -0.3 is 9.88 Å². The number of imidazole rings is 1. The van der Waals surface area contributed by atoms with Gasteiger partial charge in [0.05, 0.1) is 18.1 Å². The highest BCUT2D eigenvalue weighted by Crippen LogP contribution is 2.32. The minimum absolute atomic E-state index is 0.458. The predicted molar refractivity (Wildman–Crippen MR) is 70.8 cm³/mol. The predicted octanol–water partition coefficient (Wildman–Crippen LogP) is 3.04. The first-order chi connectivity index (χ1) is 8.29. The molecular weight excluding hydrogens is 210 g/mol. The van der Waals surface area contributed by atoms with Crippen LogP contribution in [0.15, 0.2) is 12.5 Å². The zero-order chi connectivity index (χ0) is 12.1. The van der Waals surface area contributed by atoms with E-state index in [-0.39, 0.29) is 0 Å². The molecule has 0 radical (unpaired) electrons. The molecule has 0 amide bonds. The monoisotopic (exact) mass is 235 g/mol. The lowest BCUT2D eigenvalue weighted by Crippen LogP contribution is -2.24. The molecule has 1 aromatic heterocycles. The molecule has 0 spiro atoms. The van der Waals surface area contributed by atoms with Crippen LogP contribution < -0.4 is 5.32 Å². The Kier molecular flexibility index (Phi) is 4.60. The van der Waals surface area contributed by atoms with Gasteiger partial charge in [0.15, 0.2) is 0 Å². The minimum atomic E-state index is 0.458. The molecule has 1 fully saturated rings. The molecule has 0 aliphatic heterocycles. The summed E-state index contributed by atoms with van der Waals surface area (Å²) in [5, 5.41) is 3.65. The molecule has 1 aliphatic rings. The average molecular weight is 235 g/mol. The number of hydrogen-bond acceptors (Lipinski definition) is 2. The van der Waals surface area contributed by atoms with E-state index in [1.165, 1.54) is 44.2 Å². The van der Waals surface area contributed by atoms with Crippen LogP contribution in [0.2, 0.25) is 0 Å². The zero-order valence-electron chi connectivity index (χ0n) is 11.2. The lowest BCUT2D eigenvalue weighted by molar-refractivity contribution is 0.390. The lowest BCUT2D eigenvalue weighted by atomic mass is 9.96. The van der Waals surface area contributed by atoms with Crippen LogP contribution in [0, 0.1) is 5.92 Å². The van der Waals surface area contributed by atoms with E-state index in [1.807, 2.05) is 17.9 Å². The van der Waals surface area contributed by atoms with E-state index in [9.17, 15) is 0 Å². The number of aryl methyl sites for hydroxylation is 1. The van der Waals surface area contributed by atoms with Gasteiger partial charge in [-0.15, -0.1) is 0 Å². The smallest absolute Gasteiger partial charge is 0.0947 e. The topological polar surface area (TPSA) is 29.9 Å². The van der Waals surface area contributed by atoms with Crippen molar-refractivity contribution in [3.63, 3.8) is 0 Å². The van der Waals surface area contributed by atoms with Gasteiger partial charge in [0.25, 0.3) is 0 Å². The van der Waals surface area contributed by atoms with Gasteiger partial charge in [-0.25, -0.2) is 4.98 Å². The standard InChI is InChI=1S/C14H25N3/c1-3-8-15-13(9-12-6-4-5-7-12)14-10-17(2)11-16-14/h10-13,15H,3-9H2,1-2H3. The van der Waals surface area contributed by atoms with Gasteiger partial charge in [-0.3, -0.25) is 0 Å². The van der Waals surface area contributed by atoms with Crippen molar-refractivity contribution in [1.82, 2.24) is 14.9 Å². The van der Waals surface area contributed by atoms with E-state index in [1.54, 1.807) is 0 Å². The fourth-order valence-corrected chi connectivity index (χ4v) is 2.82. The Balaban J connectivity index is 1.96. The van der Waals surface area contributed by atoms with E-state index >= 15 is 0 Å². The second-order valence-electron chi connectivity index (χ2n) is 5.36. The molecule has 1 aromatic rings. The first-order valence-electron chi connectivity index (χ1n) is 7.01. The molecule has 1 N–H and O–H groups in total. The second kappa shape index (κ2) is 6.20. The quantitative estimate of drug-likeness (QED) is 0.821. The third-order valence-corrected chi connectivity index (χ3v) is 3.77. The first kappa shape index (κ1) is 12.6. The zero-order valence-corrected chi connectivity index (χ0v) is 11.2. The summed E-state index contributed by atoms with van der Waals surface area (Å²) >= 11 is 0. The number of nitrogens with one attached hydrogen (secondary N) is 1. The van der Waals surface area contributed by atoms with Crippen molar-refractivity contribution < 1.29 is 0 Å². The van der Waals surface area contributed by atoms with Crippen molar-refractivity contribution in [3.05, 3.63) is 18.2 Å². The SMILES string of the molecule is CCCNC(CC1CCCC1)c1cn(C)cn1. The normalized spacial score (nSPS) is 18.7. The molecule has 3 nitrogen and oxygen atoms in total. The molecule has 0 aromatic carbocycles. The summed E-state index contributed by atoms with van der Waals surface area (Å²) in [6.45, 7) is 3.31. The molecule has 1 unspecified atom stereocenters. The molecule has 0 bridgehead atoms. The summed E-state index contributed by atoms with van der Waals surface area (Å²) in [5.74, 6) is 0.909. The molecule has 3 heteroatoms. The Morgan fingerprint density at radius 2 is 2.24 bits per heavy atom. The summed E-state index contributed by atoms with van der Waals surface area (Å²) < 4.78 is 2.05. The summed E-state index contributed by atoms with van der Waals surface area (Å²) in [4.78, 5) is 4.51. The van der Waals surface area contributed by atoms with E-state index in [2.05, 4.69) is 23.4 Å². The van der Waals surface area contributed by atoms with Crippen LogP contribution in [0.5, 0.6) is 0 Å². The van der Waals surface area contributed by atoms with Crippen LogP contribution in [0.3, 0.4) is 0 Å². The van der Waals surface area contributed by atoms with E-state index < -0.39 is 0 Å². The summed E-state index contributed by atoms with van der Waals surface area (Å²) in [6, 6.07) is 0.458. The molecule has 17 heavy (non-hydrogen) atoms. The van der Waals surface area contributed by atoms with Crippen molar-refractivity contribution in [3.8, 4) is 0 Å². The maximum Gasteiger partial charge on any atom is 0.0947 e. The fourth-order valence-electron chi connectivity index (χ4n) is 2.82. The maximum atomic E-state index is 4.51. The first-order valence-corrected chi connectivity index (χ1v) is 7.01. The number of nitrogens with zero attached hydrogens (tertiary/aromatic N) is 2. The molecule has 1 heterocycles. The highest BCUT2D eigenvalue weighted by atomic mass is 15.0. The summed E-state index contributed by atoms with van der Waals surface area (Å²) in [6.07, 6.45) is 12.2. The summed E-state index contributed by atoms with van der Waals surface area (Å²) in [5.41, 5.74) is 1.22. The minimum Gasteiger partial charge on any atom is -0.340 e. The van der Waals surface area contributed by atoms with Crippen molar-refractivity contribution in [2.75, 3.05) is 6.54 Å². The van der Waals surface area contributed by atoms with E-state index in [0.29, 0.717) is 6.04 Å². The van der Waals surface area contributed by atoms with Crippen LogP contribution in [0.25, 0.3) is 0 Å². The Morgan fingerprint density at radius 3 is 2.82 bits per heavy atom. The molecule has 0 saturated heterocycles. The fraction of sp³-hybridized carbons (Fsp3) is 0.786. The maximum absolute atomic E-state index is 4.51. The second-order valence-corrected chi connectivity index (χ2v) is 5.36. The molecule has 1 atom stereocenters. The largest absolute Gasteiger partial charge is 0.340 e. The lowest BCUT2D eigenvalue weighted by Gasteiger charge is -2.20. The van der Waals surface area contributed by atoms with Gasteiger partial charge in [0.2, 0.25) is 0 Å². The van der Waals surface area contributed by atoms with Crippen LogP contribution in [0.1, 0.15) is 57.2 Å².